The first-order valence-corrected chi connectivity index (χ1v) is 9.40. The molecule has 1 spiro atoms. The summed E-state index contributed by atoms with van der Waals surface area (Å²) in [7, 11) is 0. The second-order valence-electron chi connectivity index (χ2n) is 7.79. The molecule has 0 atom stereocenters. The van der Waals surface area contributed by atoms with Gasteiger partial charge in [-0.1, -0.05) is 6.07 Å². The molecule has 0 amide bonds. The Morgan fingerprint density at radius 1 is 1.12 bits per heavy atom. The van der Waals surface area contributed by atoms with Crippen LogP contribution in [0.1, 0.15) is 29.7 Å². The second-order valence-corrected chi connectivity index (χ2v) is 7.79. The number of aromatic nitrogens is 2. The van der Waals surface area contributed by atoms with Crippen LogP contribution in [-0.2, 0) is 6.54 Å². The molecular weight excluding hydrogens is 324 g/mol. The SMILES string of the molecule is Cc1cc(Nc2ccc3c(c2)C=NC3)nc(N2CCC3(CC2)CNC3)n1. The van der Waals surface area contributed by atoms with Gasteiger partial charge in [0, 0.05) is 49.8 Å². The highest BCUT2D eigenvalue weighted by molar-refractivity contribution is 5.86. The summed E-state index contributed by atoms with van der Waals surface area (Å²) in [6.07, 6.45) is 4.39. The van der Waals surface area contributed by atoms with Crippen molar-refractivity contribution < 1.29 is 0 Å². The molecule has 0 bridgehead atoms. The number of fused-ring (bicyclic) bond motifs is 1. The van der Waals surface area contributed by atoms with Gasteiger partial charge in [0.1, 0.15) is 5.82 Å². The van der Waals surface area contributed by atoms with Crippen LogP contribution < -0.4 is 15.5 Å². The van der Waals surface area contributed by atoms with Gasteiger partial charge in [0.15, 0.2) is 0 Å². The molecule has 134 valence electrons. The zero-order chi connectivity index (χ0) is 17.6. The van der Waals surface area contributed by atoms with Gasteiger partial charge in [-0.25, -0.2) is 4.98 Å². The molecule has 3 aliphatic heterocycles. The number of nitrogens with zero attached hydrogens (tertiary/aromatic N) is 4. The summed E-state index contributed by atoms with van der Waals surface area (Å²) in [4.78, 5) is 16.1. The zero-order valence-corrected chi connectivity index (χ0v) is 15.1. The van der Waals surface area contributed by atoms with Crippen molar-refractivity contribution in [3.05, 3.63) is 41.1 Å². The Kier molecular flexibility index (Phi) is 3.67. The monoisotopic (exact) mass is 348 g/mol. The quantitative estimate of drug-likeness (QED) is 0.893. The maximum absolute atomic E-state index is 4.79. The van der Waals surface area contributed by atoms with E-state index in [2.05, 4.69) is 43.7 Å². The maximum Gasteiger partial charge on any atom is 0.227 e. The molecule has 6 nitrogen and oxygen atoms in total. The van der Waals surface area contributed by atoms with Gasteiger partial charge in [-0.2, -0.15) is 4.98 Å². The lowest BCUT2D eigenvalue weighted by Crippen LogP contribution is -2.58. The summed E-state index contributed by atoms with van der Waals surface area (Å²) in [5.74, 6) is 1.70. The van der Waals surface area contributed by atoms with Crippen molar-refractivity contribution in [1.82, 2.24) is 15.3 Å². The van der Waals surface area contributed by atoms with Crippen molar-refractivity contribution in [2.45, 2.75) is 26.3 Å². The van der Waals surface area contributed by atoms with Crippen molar-refractivity contribution in [3.8, 4) is 0 Å². The fourth-order valence-corrected chi connectivity index (χ4v) is 4.10. The van der Waals surface area contributed by atoms with Crippen LogP contribution >= 0.6 is 0 Å². The highest BCUT2D eigenvalue weighted by Gasteiger charge is 2.40. The summed E-state index contributed by atoms with van der Waals surface area (Å²) in [5.41, 5.74) is 5.04. The molecule has 2 saturated heterocycles. The van der Waals surface area contributed by atoms with E-state index in [-0.39, 0.29) is 0 Å². The van der Waals surface area contributed by atoms with Crippen LogP contribution in [0.25, 0.3) is 0 Å². The highest BCUT2D eigenvalue weighted by atomic mass is 15.3. The van der Waals surface area contributed by atoms with Gasteiger partial charge in [0.25, 0.3) is 0 Å². The van der Waals surface area contributed by atoms with Crippen LogP contribution in [0.15, 0.2) is 29.3 Å². The third-order valence-electron chi connectivity index (χ3n) is 5.86. The van der Waals surface area contributed by atoms with Gasteiger partial charge >= 0.3 is 0 Å². The minimum atomic E-state index is 0.535. The standard InChI is InChI=1S/C20H24N6/c1-14-8-18(24-17-3-2-15-10-21-11-16(15)9-17)25-19(23-14)26-6-4-20(5-7-26)12-22-13-20/h2-3,8-9,11,22H,4-7,10,12-13H2,1H3,(H,23,24,25). The predicted molar refractivity (Wildman–Crippen MR) is 105 cm³/mol. The Bertz CT molecular complexity index is 861. The number of aryl methyl sites for hydroxylation is 1. The molecule has 1 aromatic carbocycles. The average molecular weight is 348 g/mol. The lowest BCUT2D eigenvalue weighted by atomic mass is 9.73. The normalized spacial score (nSPS) is 20.1. The zero-order valence-electron chi connectivity index (χ0n) is 15.1. The first-order chi connectivity index (χ1) is 12.7. The number of hydrogen-bond acceptors (Lipinski definition) is 6. The summed E-state index contributed by atoms with van der Waals surface area (Å²) in [5, 5.41) is 6.86. The fourth-order valence-electron chi connectivity index (χ4n) is 4.10. The molecule has 0 saturated carbocycles. The summed E-state index contributed by atoms with van der Waals surface area (Å²) in [6.45, 7) is 7.25. The lowest BCUT2D eigenvalue weighted by Gasteiger charge is -2.48. The minimum absolute atomic E-state index is 0.535. The van der Waals surface area contributed by atoms with E-state index in [0.717, 1.165) is 42.8 Å². The van der Waals surface area contributed by atoms with Crippen molar-refractivity contribution in [2.75, 3.05) is 36.4 Å². The van der Waals surface area contributed by atoms with Gasteiger partial charge in [0.2, 0.25) is 5.95 Å². The molecule has 5 rings (SSSR count). The van der Waals surface area contributed by atoms with Crippen molar-refractivity contribution >= 4 is 23.7 Å². The van der Waals surface area contributed by atoms with E-state index in [1.54, 1.807) is 0 Å². The number of rotatable bonds is 3. The first-order valence-electron chi connectivity index (χ1n) is 9.40. The Labute approximate surface area is 153 Å². The van der Waals surface area contributed by atoms with Gasteiger partial charge in [0.05, 0.1) is 6.54 Å². The molecule has 3 aliphatic rings. The minimum Gasteiger partial charge on any atom is -0.341 e. The van der Waals surface area contributed by atoms with E-state index in [1.807, 2.05) is 19.2 Å². The molecular formula is C20H24N6. The van der Waals surface area contributed by atoms with E-state index < -0.39 is 0 Å². The summed E-state index contributed by atoms with van der Waals surface area (Å²) < 4.78 is 0. The summed E-state index contributed by atoms with van der Waals surface area (Å²) >= 11 is 0. The number of aliphatic imine (C=N–C) groups is 1. The Morgan fingerprint density at radius 3 is 2.73 bits per heavy atom. The second kappa shape index (κ2) is 6.06. The smallest absolute Gasteiger partial charge is 0.227 e. The van der Waals surface area contributed by atoms with Crippen molar-refractivity contribution in [2.24, 2.45) is 10.4 Å². The van der Waals surface area contributed by atoms with Crippen LogP contribution in [0, 0.1) is 12.3 Å². The summed E-state index contributed by atoms with van der Waals surface area (Å²) in [6, 6.07) is 8.37. The third kappa shape index (κ3) is 2.84. The van der Waals surface area contributed by atoms with Crippen molar-refractivity contribution in [3.63, 3.8) is 0 Å². The number of anilines is 3. The van der Waals surface area contributed by atoms with E-state index in [1.165, 1.54) is 37.1 Å². The van der Waals surface area contributed by atoms with Crippen molar-refractivity contribution in [1.29, 1.82) is 0 Å². The number of benzene rings is 1. The molecule has 2 fully saturated rings. The van der Waals surface area contributed by atoms with Crippen LogP contribution in [0.4, 0.5) is 17.5 Å². The topological polar surface area (TPSA) is 65.4 Å². The van der Waals surface area contributed by atoms with E-state index in [0.29, 0.717) is 5.41 Å². The molecule has 26 heavy (non-hydrogen) atoms. The molecule has 2 N–H and O–H groups in total. The van der Waals surface area contributed by atoms with Crippen LogP contribution in [0.3, 0.4) is 0 Å². The molecule has 0 unspecified atom stereocenters. The van der Waals surface area contributed by atoms with E-state index in [4.69, 9.17) is 4.98 Å². The Hall–Kier alpha value is -2.47. The number of piperidine rings is 1. The number of hydrogen-bond donors (Lipinski definition) is 2. The van der Waals surface area contributed by atoms with Crippen LogP contribution in [-0.4, -0.2) is 42.4 Å². The lowest BCUT2D eigenvalue weighted by molar-refractivity contribution is 0.126. The van der Waals surface area contributed by atoms with Crippen LogP contribution in [0.2, 0.25) is 0 Å². The molecule has 6 heteroatoms. The largest absolute Gasteiger partial charge is 0.341 e. The van der Waals surface area contributed by atoms with Gasteiger partial charge in [-0.05, 0) is 48.4 Å². The van der Waals surface area contributed by atoms with Gasteiger partial charge < -0.3 is 15.5 Å². The number of nitrogens with one attached hydrogen (secondary N) is 2. The molecule has 2 aromatic rings. The van der Waals surface area contributed by atoms with Gasteiger partial charge in [-0.15, -0.1) is 0 Å². The molecule has 4 heterocycles. The third-order valence-corrected chi connectivity index (χ3v) is 5.86. The van der Waals surface area contributed by atoms with Crippen LogP contribution in [0.5, 0.6) is 0 Å². The molecule has 0 aliphatic carbocycles. The Balaban J connectivity index is 1.34. The fraction of sp³-hybridized carbons (Fsp3) is 0.450. The highest BCUT2D eigenvalue weighted by Crippen LogP contribution is 2.36. The van der Waals surface area contributed by atoms with E-state index >= 15 is 0 Å². The predicted octanol–water partition coefficient (Wildman–Crippen LogP) is 2.65. The molecule has 1 aromatic heterocycles. The van der Waals surface area contributed by atoms with Gasteiger partial charge in [-0.3, -0.25) is 4.99 Å². The maximum atomic E-state index is 4.79. The molecule has 0 radical (unpaired) electrons. The van der Waals surface area contributed by atoms with E-state index in [9.17, 15) is 0 Å². The average Bonchev–Trinajstić information content (AvgIpc) is 3.08. The Morgan fingerprint density at radius 2 is 1.96 bits per heavy atom. The first kappa shape index (κ1) is 15.8.